The van der Waals surface area contributed by atoms with Crippen LogP contribution < -0.4 is 5.32 Å². The second-order valence-corrected chi connectivity index (χ2v) is 8.52. The fourth-order valence-electron chi connectivity index (χ4n) is 4.60. The van der Waals surface area contributed by atoms with Gasteiger partial charge in [0.1, 0.15) is 0 Å². The number of amides is 1. The van der Waals surface area contributed by atoms with E-state index in [1.54, 1.807) is 12.4 Å². The minimum atomic E-state index is -0.306. The third kappa shape index (κ3) is 3.63. The topological polar surface area (TPSA) is 78.1 Å². The molecule has 2 aliphatic rings. The molecule has 31 heavy (non-hydrogen) atoms. The highest BCUT2D eigenvalue weighted by Crippen LogP contribution is 2.40. The van der Waals surface area contributed by atoms with Gasteiger partial charge in [0.05, 0.1) is 22.9 Å². The number of Topliss-reactive ketones (excluding diaryl/α,β-unsaturated/α-hetero) is 1. The summed E-state index contributed by atoms with van der Waals surface area (Å²) in [7, 11) is 1.88. The summed E-state index contributed by atoms with van der Waals surface area (Å²) in [6.45, 7) is 0. The van der Waals surface area contributed by atoms with Crippen molar-refractivity contribution < 1.29 is 9.59 Å². The molecular formula is C25H26N4O2. The Morgan fingerprint density at radius 2 is 1.84 bits per heavy atom. The van der Waals surface area contributed by atoms with E-state index in [1.807, 2.05) is 54.4 Å². The van der Waals surface area contributed by atoms with Gasteiger partial charge in [-0.1, -0.05) is 18.2 Å². The van der Waals surface area contributed by atoms with Crippen LogP contribution in [0.4, 0.5) is 11.4 Å². The molecule has 2 N–H and O–H groups in total. The van der Waals surface area contributed by atoms with Crippen LogP contribution >= 0.6 is 0 Å². The number of aromatic nitrogens is 2. The first-order valence-corrected chi connectivity index (χ1v) is 10.9. The largest absolute Gasteiger partial charge is 0.356 e. The molecule has 158 valence electrons. The Labute approximate surface area is 181 Å². The molecule has 1 atom stereocenters. The molecule has 2 heterocycles. The number of anilines is 2. The number of benzene rings is 1. The highest BCUT2D eigenvalue weighted by atomic mass is 16.2. The van der Waals surface area contributed by atoms with Crippen molar-refractivity contribution in [3.05, 3.63) is 66.1 Å². The summed E-state index contributed by atoms with van der Waals surface area (Å²) in [5.74, 6) is -0.211. The normalized spacial score (nSPS) is 18.2. The number of ketones is 1. The number of carbonyl (C=O) groups excluding carboxylic acids is 2. The van der Waals surface area contributed by atoms with E-state index in [0.717, 1.165) is 41.2 Å². The molecule has 0 spiro atoms. The molecule has 1 amide bonds. The number of fused-ring (bicyclic) bond motifs is 1. The molecule has 1 unspecified atom stereocenters. The maximum absolute atomic E-state index is 13.3. The van der Waals surface area contributed by atoms with Gasteiger partial charge in [-0.2, -0.15) is 0 Å². The van der Waals surface area contributed by atoms with Crippen LogP contribution in [0.5, 0.6) is 0 Å². The molecule has 6 heteroatoms. The lowest BCUT2D eigenvalue weighted by molar-refractivity contribution is -0.137. The van der Waals surface area contributed by atoms with E-state index in [4.69, 9.17) is 0 Å². The second kappa shape index (κ2) is 8.02. The zero-order valence-electron chi connectivity index (χ0n) is 17.6. The van der Waals surface area contributed by atoms with Crippen molar-refractivity contribution >= 4 is 23.1 Å². The van der Waals surface area contributed by atoms with E-state index in [0.29, 0.717) is 18.0 Å². The Balaban J connectivity index is 1.52. The Morgan fingerprint density at radius 1 is 1.10 bits per heavy atom. The first kappa shape index (κ1) is 19.5. The first-order chi connectivity index (χ1) is 15.1. The Morgan fingerprint density at radius 3 is 2.52 bits per heavy atom. The number of aromatic amines is 1. The number of hydrogen-bond donors (Lipinski definition) is 2. The van der Waals surface area contributed by atoms with E-state index >= 15 is 0 Å². The summed E-state index contributed by atoms with van der Waals surface area (Å²) in [5, 5.41) is 3.45. The van der Waals surface area contributed by atoms with Gasteiger partial charge >= 0.3 is 0 Å². The lowest BCUT2D eigenvalue weighted by atomic mass is 9.84. The van der Waals surface area contributed by atoms with Gasteiger partial charge in [0.2, 0.25) is 5.91 Å². The summed E-state index contributed by atoms with van der Waals surface area (Å²) in [5.41, 5.74) is 4.99. The summed E-state index contributed by atoms with van der Waals surface area (Å²) in [4.78, 5) is 35.8. The predicted octanol–water partition coefficient (Wildman–Crippen LogP) is 4.58. The average molecular weight is 415 g/mol. The maximum atomic E-state index is 13.3. The average Bonchev–Trinajstić information content (AvgIpc) is 3.12. The van der Waals surface area contributed by atoms with Crippen LogP contribution in [-0.2, 0) is 11.2 Å². The van der Waals surface area contributed by atoms with Gasteiger partial charge in [-0.05, 0) is 43.5 Å². The van der Waals surface area contributed by atoms with E-state index < -0.39 is 0 Å². The number of pyridine rings is 1. The van der Waals surface area contributed by atoms with Gasteiger partial charge in [0.15, 0.2) is 5.78 Å². The number of hydrogen-bond acceptors (Lipinski definition) is 4. The fraction of sp³-hybridized carbons (Fsp3) is 0.320. The zero-order chi connectivity index (χ0) is 21.4. The van der Waals surface area contributed by atoms with E-state index in [2.05, 4.69) is 15.3 Å². The molecule has 3 aromatic rings. The highest BCUT2D eigenvalue weighted by molar-refractivity contribution is 6.09. The number of nitrogens with one attached hydrogen (secondary N) is 2. The SMILES string of the molecule is CN(C(=O)C1CC(=O)c2c([nH]c(-c3ccncc3)c2Nc2ccccc2)C1)C1CCC1. The highest BCUT2D eigenvalue weighted by Gasteiger charge is 2.38. The van der Waals surface area contributed by atoms with Crippen LogP contribution in [0.2, 0.25) is 0 Å². The molecule has 0 radical (unpaired) electrons. The minimum Gasteiger partial charge on any atom is -0.356 e. The number of carbonyl (C=O) groups is 2. The number of nitrogens with zero attached hydrogens (tertiary/aromatic N) is 2. The van der Waals surface area contributed by atoms with Crippen molar-refractivity contribution in [3.63, 3.8) is 0 Å². The van der Waals surface area contributed by atoms with Gasteiger partial charge in [-0.3, -0.25) is 14.6 Å². The summed E-state index contributed by atoms with van der Waals surface area (Å²) < 4.78 is 0. The summed E-state index contributed by atoms with van der Waals surface area (Å²) in [6.07, 6.45) is 7.58. The number of H-pyrrole nitrogens is 1. The van der Waals surface area contributed by atoms with Gasteiger partial charge < -0.3 is 15.2 Å². The van der Waals surface area contributed by atoms with E-state index in [1.165, 1.54) is 6.42 Å². The molecule has 5 rings (SSSR count). The molecular weight excluding hydrogens is 388 g/mol. The van der Waals surface area contributed by atoms with Crippen LogP contribution in [0, 0.1) is 5.92 Å². The van der Waals surface area contributed by atoms with Crippen LogP contribution in [0.1, 0.15) is 41.7 Å². The van der Waals surface area contributed by atoms with E-state index in [-0.39, 0.29) is 24.0 Å². The molecule has 0 bridgehead atoms. The van der Waals surface area contributed by atoms with Gasteiger partial charge in [0, 0.05) is 55.3 Å². The van der Waals surface area contributed by atoms with Crippen LogP contribution in [0.15, 0.2) is 54.9 Å². The van der Waals surface area contributed by atoms with Crippen molar-refractivity contribution in [3.8, 4) is 11.3 Å². The maximum Gasteiger partial charge on any atom is 0.226 e. The quantitative estimate of drug-likeness (QED) is 0.641. The third-order valence-electron chi connectivity index (χ3n) is 6.57. The van der Waals surface area contributed by atoms with Crippen LogP contribution in [-0.4, -0.2) is 39.6 Å². The third-order valence-corrected chi connectivity index (χ3v) is 6.57. The first-order valence-electron chi connectivity index (χ1n) is 10.9. The molecule has 2 aromatic heterocycles. The smallest absolute Gasteiger partial charge is 0.226 e. The Hall–Kier alpha value is -3.41. The van der Waals surface area contributed by atoms with Crippen molar-refractivity contribution in [2.24, 2.45) is 5.92 Å². The van der Waals surface area contributed by atoms with Gasteiger partial charge in [0.25, 0.3) is 0 Å². The molecule has 1 fully saturated rings. The van der Waals surface area contributed by atoms with Crippen molar-refractivity contribution in [2.45, 2.75) is 38.1 Å². The van der Waals surface area contributed by atoms with E-state index in [9.17, 15) is 9.59 Å². The van der Waals surface area contributed by atoms with Crippen molar-refractivity contribution in [1.29, 1.82) is 0 Å². The number of rotatable bonds is 5. The van der Waals surface area contributed by atoms with Crippen molar-refractivity contribution in [1.82, 2.24) is 14.9 Å². The second-order valence-electron chi connectivity index (χ2n) is 8.52. The molecule has 0 saturated heterocycles. The molecule has 2 aliphatic carbocycles. The van der Waals surface area contributed by atoms with Crippen molar-refractivity contribution in [2.75, 3.05) is 12.4 Å². The summed E-state index contributed by atoms with van der Waals surface area (Å²) in [6, 6.07) is 14.0. The lowest BCUT2D eigenvalue weighted by Gasteiger charge is -2.37. The monoisotopic (exact) mass is 414 g/mol. The lowest BCUT2D eigenvalue weighted by Crippen LogP contribution is -2.45. The molecule has 6 nitrogen and oxygen atoms in total. The Bertz CT molecular complexity index is 1100. The number of para-hydroxylation sites is 1. The van der Waals surface area contributed by atoms with Gasteiger partial charge in [-0.25, -0.2) is 0 Å². The van der Waals surface area contributed by atoms with Gasteiger partial charge in [-0.15, -0.1) is 0 Å². The molecule has 1 saturated carbocycles. The Kier molecular flexibility index (Phi) is 5.06. The van der Waals surface area contributed by atoms with Crippen LogP contribution in [0.3, 0.4) is 0 Å². The molecule has 1 aromatic carbocycles. The minimum absolute atomic E-state index is 0.0107. The molecule has 0 aliphatic heterocycles. The standard InChI is InChI=1S/C25H26N4O2/c1-29(19-8-5-9-19)25(31)17-14-20-22(21(30)15-17)24(27-18-6-3-2-4-7-18)23(28-20)16-10-12-26-13-11-16/h2-4,6-7,10-13,17,19,27-28H,5,8-9,14-15H2,1H3. The fourth-order valence-corrected chi connectivity index (χ4v) is 4.60. The van der Waals surface area contributed by atoms with Crippen LogP contribution in [0.25, 0.3) is 11.3 Å². The zero-order valence-corrected chi connectivity index (χ0v) is 17.6. The summed E-state index contributed by atoms with van der Waals surface area (Å²) >= 11 is 0. The predicted molar refractivity (Wildman–Crippen MR) is 120 cm³/mol.